The number of hydrogen-bond acceptors (Lipinski definition) is 4. The monoisotopic (exact) mass is 363 g/mol. The molecule has 1 saturated carbocycles. The second-order valence-electron chi connectivity index (χ2n) is 6.87. The normalized spacial score (nSPS) is 13.6. The van der Waals surface area contributed by atoms with Gasteiger partial charge in [-0.15, -0.1) is 0 Å². The van der Waals surface area contributed by atoms with Crippen molar-refractivity contribution in [3.63, 3.8) is 0 Å². The maximum absolute atomic E-state index is 12.6. The Labute approximate surface area is 157 Å². The van der Waals surface area contributed by atoms with Crippen LogP contribution >= 0.6 is 0 Å². The van der Waals surface area contributed by atoms with Crippen LogP contribution in [0.5, 0.6) is 0 Å². The minimum Gasteiger partial charge on any atom is -0.453 e. The number of ether oxygens (including phenoxy) is 1. The largest absolute Gasteiger partial charge is 0.453 e. The fourth-order valence-electron chi connectivity index (χ4n) is 3.48. The van der Waals surface area contributed by atoms with Gasteiger partial charge in [-0.05, 0) is 44.9 Å². The molecular formula is C21H21N3O3. The van der Waals surface area contributed by atoms with E-state index in [-0.39, 0.29) is 18.1 Å². The molecule has 3 aromatic rings. The second kappa shape index (κ2) is 6.87. The minimum absolute atomic E-state index is 0.186. The molecule has 1 fully saturated rings. The van der Waals surface area contributed by atoms with E-state index in [0.29, 0.717) is 11.6 Å². The van der Waals surface area contributed by atoms with E-state index in [9.17, 15) is 9.59 Å². The molecule has 0 aliphatic heterocycles. The molecule has 0 atom stereocenters. The first-order chi connectivity index (χ1) is 13.1. The van der Waals surface area contributed by atoms with E-state index in [1.807, 2.05) is 50.2 Å². The van der Waals surface area contributed by atoms with Crippen LogP contribution in [0.4, 0.5) is 0 Å². The van der Waals surface area contributed by atoms with Crippen LogP contribution < -0.4 is 0 Å². The lowest BCUT2D eigenvalue weighted by Crippen LogP contribution is -2.17. The quantitative estimate of drug-likeness (QED) is 0.495. The number of imidazole rings is 1. The first-order valence-corrected chi connectivity index (χ1v) is 9.03. The van der Waals surface area contributed by atoms with Crippen LogP contribution in [0.1, 0.15) is 51.1 Å². The molecule has 2 heterocycles. The zero-order chi connectivity index (χ0) is 19.0. The predicted molar refractivity (Wildman–Crippen MR) is 100 cm³/mol. The predicted octanol–water partition coefficient (Wildman–Crippen LogP) is 3.67. The summed E-state index contributed by atoms with van der Waals surface area (Å²) in [5.41, 5.74) is 3.75. The van der Waals surface area contributed by atoms with E-state index in [1.165, 1.54) is 6.20 Å². The number of hydrogen-bond donors (Lipinski definition) is 0. The van der Waals surface area contributed by atoms with E-state index in [1.54, 1.807) is 10.9 Å². The molecule has 27 heavy (non-hydrogen) atoms. The van der Waals surface area contributed by atoms with E-state index >= 15 is 0 Å². The molecule has 0 spiro atoms. The number of esters is 1. The third-order valence-electron chi connectivity index (χ3n) is 4.91. The number of aromatic nitrogens is 3. The van der Waals surface area contributed by atoms with Gasteiger partial charge < -0.3 is 9.30 Å². The number of rotatable bonds is 6. The molecule has 0 saturated heterocycles. The molecule has 0 bridgehead atoms. The van der Waals surface area contributed by atoms with Gasteiger partial charge in [-0.25, -0.2) is 9.78 Å². The summed E-state index contributed by atoms with van der Waals surface area (Å²) in [6.07, 6.45) is 5.31. The van der Waals surface area contributed by atoms with Crippen LogP contribution in [-0.2, 0) is 4.74 Å². The Bertz CT molecular complexity index is 997. The van der Waals surface area contributed by atoms with Gasteiger partial charge in [-0.1, -0.05) is 18.2 Å². The van der Waals surface area contributed by atoms with Crippen molar-refractivity contribution >= 4 is 11.8 Å². The lowest BCUT2D eigenvalue weighted by molar-refractivity contribution is 0.0466. The lowest BCUT2D eigenvalue weighted by Gasteiger charge is -2.09. The number of Topliss-reactive ketones (excluding diaryl/α,β-unsaturated/α-hetero) is 1. The van der Waals surface area contributed by atoms with Crippen molar-refractivity contribution in [2.75, 3.05) is 6.61 Å². The lowest BCUT2D eigenvalue weighted by atomic mass is 10.1. The topological polar surface area (TPSA) is 66.1 Å². The van der Waals surface area contributed by atoms with Crippen molar-refractivity contribution in [3.05, 3.63) is 71.6 Å². The van der Waals surface area contributed by atoms with E-state index in [0.717, 1.165) is 29.9 Å². The first-order valence-electron chi connectivity index (χ1n) is 9.03. The van der Waals surface area contributed by atoms with Gasteiger partial charge in [0.2, 0.25) is 5.78 Å². The molecule has 6 heteroatoms. The molecule has 1 aromatic carbocycles. The molecular weight excluding hydrogens is 342 g/mol. The van der Waals surface area contributed by atoms with Crippen molar-refractivity contribution in [2.45, 2.75) is 32.7 Å². The number of nitrogens with zero attached hydrogens (tertiary/aromatic N) is 3. The van der Waals surface area contributed by atoms with Crippen LogP contribution in [0.15, 0.2) is 48.9 Å². The van der Waals surface area contributed by atoms with Crippen molar-refractivity contribution < 1.29 is 14.3 Å². The van der Waals surface area contributed by atoms with Crippen LogP contribution in [0.25, 0.3) is 5.69 Å². The van der Waals surface area contributed by atoms with E-state index in [4.69, 9.17) is 4.74 Å². The first kappa shape index (κ1) is 17.3. The summed E-state index contributed by atoms with van der Waals surface area (Å²) in [6, 6.07) is 11.8. The van der Waals surface area contributed by atoms with Crippen LogP contribution in [-0.4, -0.2) is 32.5 Å². The molecule has 0 N–H and O–H groups in total. The molecule has 2 aromatic heterocycles. The Morgan fingerprint density at radius 1 is 1.19 bits per heavy atom. The van der Waals surface area contributed by atoms with Gasteiger partial charge >= 0.3 is 5.97 Å². The number of carbonyl (C=O) groups excluding carboxylic acids is 2. The summed E-state index contributed by atoms with van der Waals surface area (Å²) < 4.78 is 9.14. The zero-order valence-electron chi connectivity index (χ0n) is 15.4. The fourth-order valence-corrected chi connectivity index (χ4v) is 3.48. The smallest absolute Gasteiger partial charge is 0.357 e. The highest BCUT2D eigenvalue weighted by Gasteiger charge is 2.28. The third-order valence-corrected chi connectivity index (χ3v) is 4.91. The standard InChI is InChI=1S/C21H21N3O3/c1-14-10-18(15(2)24(14)17-8-9-17)20(25)12-27-21(26)19-11-22-13-23(19)16-6-4-3-5-7-16/h3-7,10-11,13,17H,8-9,12H2,1-2H3. The molecule has 1 aliphatic rings. The van der Waals surface area contributed by atoms with Gasteiger partial charge in [0.1, 0.15) is 0 Å². The maximum Gasteiger partial charge on any atom is 0.357 e. The van der Waals surface area contributed by atoms with Crippen molar-refractivity contribution in [1.82, 2.24) is 14.1 Å². The average Bonchev–Trinajstić information content (AvgIpc) is 3.29. The van der Waals surface area contributed by atoms with Gasteiger partial charge in [-0.2, -0.15) is 0 Å². The number of ketones is 1. The molecule has 6 nitrogen and oxygen atoms in total. The summed E-state index contributed by atoms with van der Waals surface area (Å²) in [5.74, 6) is -0.755. The molecule has 1 aliphatic carbocycles. The summed E-state index contributed by atoms with van der Waals surface area (Å²) in [4.78, 5) is 29.1. The Kier molecular flexibility index (Phi) is 4.39. The second-order valence-corrected chi connectivity index (χ2v) is 6.87. The highest BCUT2D eigenvalue weighted by molar-refractivity contribution is 6.00. The molecule has 4 rings (SSSR count). The van der Waals surface area contributed by atoms with Crippen LogP contribution in [0.2, 0.25) is 0 Å². The van der Waals surface area contributed by atoms with Crippen LogP contribution in [0, 0.1) is 13.8 Å². The minimum atomic E-state index is -0.569. The van der Waals surface area contributed by atoms with Gasteiger partial charge in [0.25, 0.3) is 0 Å². The highest BCUT2D eigenvalue weighted by atomic mass is 16.5. The van der Waals surface area contributed by atoms with E-state index in [2.05, 4.69) is 9.55 Å². The Balaban J connectivity index is 1.47. The van der Waals surface area contributed by atoms with E-state index < -0.39 is 5.97 Å². The van der Waals surface area contributed by atoms with Crippen molar-refractivity contribution in [3.8, 4) is 5.69 Å². The molecule has 0 amide bonds. The average molecular weight is 363 g/mol. The Hall–Kier alpha value is -3.15. The number of para-hydroxylation sites is 1. The highest BCUT2D eigenvalue weighted by Crippen LogP contribution is 2.38. The number of aryl methyl sites for hydroxylation is 1. The van der Waals surface area contributed by atoms with Gasteiger partial charge in [0, 0.05) is 28.7 Å². The third kappa shape index (κ3) is 3.30. The van der Waals surface area contributed by atoms with Gasteiger partial charge in [0.15, 0.2) is 12.3 Å². The summed E-state index contributed by atoms with van der Waals surface area (Å²) >= 11 is 0. The SMILES string of the molecule is Cc1cc(C(=O)COC(=O)c2cncn2-c2ccccc2)c(C)n1C1CC1. The fraction of sp³-hybridized carbons (Fsp3) is 0.286. The van der Waals surface area contributed by atoms with Crippen molar-refractivity contribution in [2.24, 2.45) is 0 Å². The van der Waals surface area contributed by atoms with Gasteiger partial charge in [0.05, 0.1) is 12.5 Å². The molecule has 0 unspecified atom stereocenters. The zero-order valence-corrected chi connectivity index (χ0v) is 15.4. The molecule has 0 radical (unpaired) electrons. The Morgan fingerprint density at radius 3 is 2.63 bits per heavy atom. The number of carbonyl (C=O) groups is 2. The van der Waals surface area contributed by atoms with Gasteiger partial charge in [-0.3, -0.25) is 9.36 Å². The maximum atomic E-state index is 12.6. The summed E-state index contributed by atoms with van der Waals surface area (Å²) in [6.45, 7) is 3.67. The number of benzene rings is 1. The Morgan fingerprint density at radius 2 is 1.93 bits per heavy atom. The van der Waals surface area contributed by atoms with Crippen LogP contribution in [0.3, 0.4) is 0 Å². The molecule has 138 valence electrons. The van der Waals surface area contributed by atoms with Crippen molar-refractivity contribution in [1.29, 1.82) is 0 Å². The summed E-state index contributed by atoms with van der Waals surface area (Å²) in [5, 5.41) is 0. The summed E-state index contributed by atoms with van der Waals surface area (Å²) in [7, 11) is 0.